The molecule has 1 saturated heterocycles. The number of hydrogen-bond donors (Lipinski definition) is 2. The van der Waals surface area contributed by atoms with Crippen molar-refractivity contribution >= 4 is 16.9 Å². The van der Waals surface area contributed by atoms with E-state index < -0.39 is 0 Å². The van der Waals surface area contributed by atoms with Crippen molar-refractivity contribution in [2.75, 3.05) is 13.1 Å². The lowest BCUT2D eigenvalue weighted by Gasteiger charge is -2.23. The molecule has 8 heteroatoms. The Morgan fingerprint density at radius 2 is 2.04 bits per heavy atom. The molecule has 1 atom stereocenters. The highest BCUT2D eigenvalue weighted by atomic mass is 16.2. The molecule has 0 saturated carbocycles. The zero-order chi connectivity index (χ0) is 19.0. The van der Waals surface area contributed by atoms with Crippen LogP contribution in [0.1, 0.15) is 53.9 Å². The summed E-state index contributed by atoms with van der Waals surface area (Å²) in [7, 11) is 1.96. The second-order valence-corrected chi connectivity index (χ2v) is 7.16. The van der Waals surface area contributed by atoms with Gasteiger partial charge in [0.25, 0.3) is 5.91 Å². The number of fused-ring (bicyclic) bond motifs is 1. The van der Waals surface area contributed by atoms with E-state index in [-0.39, 0.29) is 11.9 Å². The van der Waals surface area contributed by atoms with Crippen LogP contribution in [0.3, 0.4) is 0 Å². The molecule has 3 aromatic rings. The Bertz CT molecular complexity index is 968. The van der Waals surface area contributed by atoms with Crippen molar-refractivity contribution in [3.63, 3.8) is 0 Å². The summed E-state index contributed by atoms with van der Waals surface area (Å²) in [6, 6.07) is 8.01. The van der Waals surface area contributed by atoms with Crippen molar-refractivity contribution in [3.05, 3.63) is 41.5 Å². The van der Waals surface area contributed by atoms with Crippen LogP contribution in [0.4, 0.5) is 0 Å². The molecule has 0 bridgehead atoms. The van der Waals surface area contributed by atoms with E-state index in [0.29, 0.717) is 11.7 Å². The SMILES string of the molecule is Cc1c(C(=O)NC(C)c2nc3ccccc3n2C)nnn1C1CCNCC1. The molecule has 1 fully saturated rings. The largest absolute Gasteiger partial charge is 0.341 e. The van der Waals surface area contributed by atoms with Crippen LogP contribution in [0.15, 0.2) is 24.3 Å². The van der Waals surface area contributed by atoms with Crippen molar-refractivity contribution in [3.8, 4) is 0 Å². The predicted octanol–water partition coefficient (Wildman–Crippen LogP) is 1.89. The highest BCUT2D eigenvalue weighted by Gasteiger charge is 2.24. The van der Waals surface area contributed by atoms with Crippen molar-refractivity contribution in [1.29, 1.82) is 0 Å². The van der Waals surface area contributed by atoms with Crippen LogP contribution >= 0.6 is 0 Å². The van der Waals surface area contributed by atoms with Gasteiger partial charge >= 0.3 is 0 Å². The first kappa shape index (κ1) is 17.7. The van der Waals surface area contributed by atoms with E-state index in [2.05, 4.69) is 25.9 Å². The molecule has 1 amide bonds. The number of nitrogens with one attached hydrogen (secondary N) is 2. The Kier molecular flexibility index (Phi) is 4.65. The minimum absolute atomic E-state index is 0.216. The fourth-order valence-electron chi connectivity index (χ4n) is 3.83. The Balaban J connectivity index is 1.53. The Labute approximate surface area is 158 Å². The van der Waals surface area contributed by atoms with Gasteiger partial charge in [-0.2, -0.15) is 0 Å². The van der Waals surface area contributed by atoms with Crippen LogP contribution in [-0.2, 0) is 7.05 Å². The lowest BCUT2D eigenvalue weighted by molar-refractivity contribution is 0.0932. The van der Waals surface area contributed by atoms with Gasteiger partial charge in [-0.15, -0.1) is 5.10 Å². The summed E-state index contributed by atoms with van der Waals surface area (Å²) in [6.45, 7) is 5.78. The van der Waals surface area contributed by atoms with Crippen molar-refractivity contribution < 1.29 is 4.79 Å². The minimum Gasteiger partial charge on any atom is -0.341 e. The molecule has 1 aliphatic heterocycles. The number of aromatic nitrogens is 5. The molecule has 1 aromatic carbocycles. The summed E-state index contributed by atoms with van der Waals surface area (Å²) in [5, 5.41) is 14.8. The number of nitrogens with zero attached hydrogens (tertiary/aromatic N) is 5. The van der Waals surface area contributed by atoms with Crippen LogP contribution in [0.2, 0.25) is 0 Å². The van der Waals surface area contributed by atoms with Crippen LogP contribution in [-0.4, -0.2) is 43.5 Å². The van der Waals surface area contributed by atoms with Gasteiger partial charge in [0, 0.05) is 7.05 Å². The Morgan fingerprint density at radius 1 is 1.30 bits per heavy atom. The fraction of sp³-hybridized carbons (Fsp3) is 0.474. The number of para-hydroxylation sites is 2. The lowest BCUT2D eigenvalue weighted by atomic mass is 10.1. The van der Waals surface area contributed by atoms with Crippen molar-refractivity contribution in [2.24, 2.45) is 7.05 Å². The molecule has 0 aliphatic carbocycles. The number of hydrogen-bond acceptors (Lipinski definition) is 5. The molecule has 3 heterocycles. The van der Waals surface area contributed by atoms with Gasteiger partial charge in [-0.25, -0.2) is 9.67 Å². The number of benzene rings is 1. The van der Waals surface area contributed by atoms with Crippen molar-refractivity contribution in [1.82, 2.24) is 35.2 Å². The molecule has 8 nitrogen and oxygen atoms in total. The minimum atomic E-state index is -0.238. The average Bonchev–Trinajstić information content (AvgIpc) is 3.23. The molecular formula is C19H25N7O. The second kappa shape index (κ2) is 7.11. The van der Waals surface area contributed by atoms with Crippen LogP contribution < -0.4 is 10.6 Å². The molecule has 4 rings (SSSR count). The number of rotatable bonds is 4. The summed E-state index contributed by atoms with van der Waals surface area (Å²) >= 11 is 0. The van der Waals surface area contributed by atoms with Gasteiger partial charge in [0.15, 0.2) is 5.69 Å². The smallest absolute Gasteiger partial charge is 0.274 e. The number of imidazole rings is 1. The predicted molar refractivity (Wildman–Crippen MR) is 102 cm³/mol. The summed E-state index contributed by atoms with van der Waals surface area (Å²) in [5.74, 6) is 0.597. The van der Waals surface area contributed by atoms with Gasteiger partial charge in [-0.05, 0) is 51.9 Å². The van der Waals surface area contributed by atoms with E-state index in [1.54, 1.807) is 0 Å². The number of carbonyl (C=O) groups excluding carboxylic acids is 1. The second-order valence-electron chi connectivity index (χ2n) is 7.16. The third-order valence-corrected chi connectivity index (χ3v) is 5.35. The first-order chi connectivity index (χ1) is 13.1. The van der Waals surface area contributed by atoms with Gasteiger partial charge in [-0.3, -0.25) is 4.79 Å². The van der Waals surface area contributed by atoms with Crippen LogP contribution in [0.5, 0.6) is 0 Å². The third kappa shape index (κ3) is 3.21. The summed E-state index contributed by atoms with van der Waals surface area (Å²) in [6.07, 6.45) is 2.00. The maximum atomic E-state index is 12.8. The zero-order valence-corrected chi connectivity index (χ0v) is 15.9. The van der Waals surface area contributed by atoms with Gasteiger partial charge < -0.3 is 15.2 Å². The molecule has 27 heavy (non-hydrogen) atoms. The number of piperidine rings is 1. The first-order valence-corrected chi connectivity index (χ1v) is 9.41. The van der Waals surface area contributed by atoms with E-state index in [1.165, 1.54) is 0 Å². The summed E-state index contributed by atoms with van der Waals surface area (Å²) < 4.78 is 3.91. The van der Waals surface area contributed by atoms with Gasteiger partial charge in [0.1, 0.15) is 5.82 Å². The first-order valence-electron chi connectivity index (χ1n) is 9.41. The van der Waals surface area contributed by atoms with Crippen LogP contribution in [0, 0.1) is 6.92 Å². The molecule has 2 aromatic heterocycles. The van der Waals surface area contributed by atoms with Crippen molar-refractivity contribution in [2.45, 2.75) is 38.8 Å². The lowest BCUT2D eigenvalue weighted by Crippen LogP contribution is -2.31. The molecular weight excluding hydrogens is 342 g/mol. The quantitative estimate of drug-likeness (QED) is 0.735. The fourth-order valence-corrected chi connectivity index (χ4v) is 3.83. The maximum Gasteiger partial charge on any atom is 0.274 e. The highest BCUT2D eigenvalue weighted by Crippen LogP contribution is 2.22. The van der Waals surface area contributed by atoms with Gasteiger partial charge in [-0.1, -0.05) is 17.3 Å². The number of carbonyl (C=O) groups is 1. The standard InChI is InChI=1S/C19H25N7O/c1-12(18-22-15-6-4-5-7-16(15)25(18)3)21-19(27)17-13(2)26(24-23-17)14-8-10-20-11-9-14/h4-7,12,14,20H,8-11H2,1-3H3,(H,21,27). The van der Waals surface area contributed by atoms with Crippen LogP contribution in [0.25, 0.3) is 11.0 Å². The monoisotopic (exact) mass is 367 g/mol. The maximum absolute atomic E-state index is 12.8. The number of aryl methyl sites for hydroxylation is 1. The highest BCUT2D eigenvalue weighted by molar-refractivity contribution is 5.93. The molecule has 142 valence electrons. The van der Waals surface area contributed by atoms with Gasteiger partial charge in [0.05, 0.1) is 28.8 Å². The third-order valence-electron chi connectivity index (χ3n) is 5.35. The molecule has 1 unspecified atom stereocenters. The zero-order valence-electron chi connectivity index (χ0n) is 15.9. The topological polar surface area (TPSA) is 89.7 Å². The van der Waals surface area contributed by atoms with E-state index in [1.807, 2.05) is 54.4 Å². The molecule has 0 radical (unpaired) electrons. The Hall–Kier alpha value is -2.74. The average molecular weight is 367 g/mol. The molecule has 0 spiro atoms. The number of amides is 1. The summed E-state index contributed by atoms with van der Waals surface area (Å²) in [5.41, 5.74) is 3.17. The van der Waals surface area contributed by atoms with Gasteiger partial charge in [0.2, 0.25) is 0 Å². The summed E-state index contributed by atoms with van der Waals surface area (Å²) in [4.78, 5) is 17.5. The normalized spacial score (nSPS) is 16.6. The van der Waals surface area contributed by atoms with E-state index in [0.717, 1.165) is 48.5 Å². The Morgan fingerprint density at radius 3 is 2.78 bits per heavy atom. The van der Waals surface area contributed by atoms with E-state index >= 15 is 0 Å². The van der Waals surface area contributed by atoms with E-state index in [9.17, 15) is 4.79 Å². The van der Waals surface area contributed by atoms with E-state index in [4.69, 9.17) is 0 Å². The molecule has 2 N–H and O–H groups in total. The molecule has 1 aliphatic rings.